The predicted molar refractivity (Wildman–Crippen MR) is 135 cm³/mol. The fourth-order valence-corrected chi connectivity index (χ4v) is 3.75. The molecular formula is C21H30IN5O3S. The quantitative estimate of drug-likeness (QED) is 0.199. The molecule has 170 valence electrons. The molecule has 0 bridgehead atoms. The molecule has 3 N–H and O–H groups in total. The van der Waals surface area contributed by atoms with Crippen LogP contribution in [-0.2, 0) is 11.2 Å². The molecule has 1 aromatic heterocycles. The van der Waals surface area contributed by atoms with Crippen LogP contribution in [0.3, 0.4) is 0 Å². The Labute approximate surface area is 204 Å². The number of aliphatic imine (C=N–C) groups is 1. The molecule has 0 spiro atoms. The lowest BCUT2D eigenvalue weighted by atomic mass is 10.1. The van der Waals surface area contributed by atoms with E-state index in [1.807, 2.05) is 25.1 Å². The van der Waals surface area contributed by atoms with Crippen molar-refractivity contribution >= 4 is 53.1 Å². The van der Waals surface area contributed by atoms with Gasteiger partial charge in [0.1, 0.15) is 9.88 Å². The molecule has 0 aliphatic rings. The van der Waals surface area contributed by atoms with Gasteiger partial charge in [0, 0.05) is 26.2 Å². The number of carbonyl (C=O) groups is 2. The van der Waals surface area contributed by atoms with Gasteiger partial charge in [0.2, 0.25) is 0 Å². The van der Waals surface area contributed by atoms with Gasteiger partial charge in [0.25, 0.3) is 5.91 Å². The molecule has 0 aliphatic carbocycles. The Kier molecular flexibility index (Phi) is 11.5. The van der Waals surface area contributed by atoms with Crippen molar-refractivity contribution in [2.75, 3.05) is 27.2 Å². The van der Waals surface area contributed by atoms with Crippen molar-refractivity contribution in [3.05, 3.63) is 51.0 Å². The van der Waals surface area contributed by atoms with E-state index in [9.17, 15) is 9.59 Å². The highest BCUT2D eigenvalue weighted by atomic mass is 127. The van der Waals surface area contributed by atoms with Gasteiger partial charge >= 0.3 is 5.97 Å². The lowest BCUT2D eigenvalue weighted by Gasteiger charge is -2.16. The monoisotopic (exact) mass is 559 g/mol. The maximum Gasteiger partial charge on any atom is 0.350 e. The van der Waals surface area contributed by atoms with Crippen LogP contribution in [0.25, 0.3) is 0 Å². The van der Waals surface area contributed by atoms with Crippen molar-refractivity contribution in [1.29, 1.82) is 0 Å². The minimum Gasteiger partial charge on any atom is -0.462 e. The Morgan fingerprint density at radius 3 is 2.71 bits per heavy atom. The number of hydrogen-bond acceptors (Lipinski definition) is 6. The summed E-state index contributed by atoms with van der Waals surface area (Å²) in [4.78, 5) is 33.1. The number of thiazole rings is 1. The van der Waals surface area contributed by atoms with Gasteiger partial charge in [0.05, 0.1) is 18.3 Å². The second-order valence-electron chi connectivity index (χ2n) is 6.58. The summed E-state index contributed by atoms with van der Waals surface area (Å²) in [5, 5.41) is 9.98. The van der Waals surface area contributed by atoms with Crippen molar-refractivity contribution in [2.45, 2.75) is 33.2 Å². The van der Waals surface area contributed by atoms with Crippen molar-refractivity contribution in [1.82, 2.24) is 20.9 Å². The van der Waals surface area contributed by atoms with Crippen LogP contribution in [0.1, 0.15) is 56.2 Å². The first-order valence-electron chi connectivity index (χ1n) is 9.82. The first-order valence-corrected chi connectivity index (χ1v) is 10.6. The van der Waals surface area contributed by atoms with E-state index < -0.39 is 0 Å². The molecular weight excluding hydrogens is 529 g/mol. The van der Waals surface area contributed by atoms with Crippen molar-refractivity contribution in [3.8, 4) is 0 Å². The van der Waals surface area contributed by atoms with Crippen LogP contribution in [-0.4, -0.2) is 50.1 Å². The summed E-state index contributed by atoms with van der Waals surface area (Å²) in [5.74, 6) is 0.194. The summed E-state index contributed by atoms with van der Waals surface area (Å²) in [6, 6.07) is 7.41. The van der Waals surface area contributed by atoms with Crippen molar-refractivity contribution in [2.24, 2.45) is 4.99 Å². The molecule has 1 amide bonds. The third kappa shape index (κ3) is 7.76. The van der Waals surface area contributed by atoms with Crippen LogP contribution >= 0.6 is 35.3 Å². The Bertz CT molecular complexity index is 916. The third-order valence-corrected chi connectivity index (χ3v) is 5.66. The standard InChI is InChI=1S/C21H29N5O3S.HI/c1-6-29-20(28)17-13(2)25-19(30-17)14(3)26-21(23-5)24-11-10-15-8-7-9-16(12-15)18(27)22-4;/h7-9,12,14H,6,10-11H2,1-5H3,(H,22,27)(H2,23,24,26);1H. The SMILES string of the molecule is CCOC(=O)c1sc(C(C)NC(=NC)NCCc2cccc(C(=O)NC)c2)nc1C.I. The number of nitrogens with one attached hydrogen (secondary N) is 3. The first kappa shape index (κ1) is 26.8. The van der Waals surface area contributed by atoms with Crippen LogP contribution in [0, 0.1) is 6.92 Å². The highest BCUT2D eigenvalue weighted by Crippen LogP contribution is 2.24. The number of hydrogen-bond donors (Lipinski definition) is 3. The molecule has 2 aromatic rings. The van der Waals surface area contributed by atoms with Gasteiger partial charge in [-0.3, -0.25) is 9.79 Å². The lowest BCUT2D eigenvalue weighted by molar-refractivity contribution is 0.0531. The fraction of sp³-hybridized carbons (Fsp3) is 0.429. The zero-order valence-electron chi connectivity index (χ0n) is 18.4. The number of guanidine groups is 1. The summed E-state index contributed by atoms with van der Waals surface area (Å²) >= 11 is 1.33. The second-order valence-corrected chi connectivity index (χ2v) is 7.61. The summed E-state index contributed by atoms with van der Waals surface area (Å²) in [7, 11) is 3.32. The van der Waals surface area contributed by atoms with E-state index in [0.29, 0.717) is 35.2 Å². The second kappa shape index (κ2) is 13.3. The highest BCUT2D eigenvalue weighted by molar-refractivity contribution is 14.0. The summed E-state index contributed by atoms with van der Waals surface area (Å²) in [6.07, 6.45) is 0.739. The number of esters is 1. The maximum absolute atomic E-state index is 12.0. The average Bonchev–Trinajstić information content (AvgIpc) is 3.14. The maximum atomic E-state index is 12.0. The summed E-state index contributed by atoms with van der Waals surface area (Å²) in [6.45, 7) is 6.53. The van der Waals surface area contributed by atoms with Crippen LogP contribution in [0.15, 0.2) is 29.3 Å². The number of benzene rings is 1. The fourth-order valence-electron chi connectivity index (χ4n) is 2.79. The topological polar surface area (TPSA) is 105 Å². The molecule has 2 rings (SSSR count). The van der Waals surface area contributed by atoms with E-state index in [4.69, 9.17) is 4.74 Å². The van der Waals surface area contributed by atoms with E-state index in [-0.39, 0.29) is 41.9 Å². The van der Waals surface area contributed by atoms with E-state index in [2.05, 4.69) is 25.9 Å². The van der Waals surface area contributed by atoms with Gasteiger partial charge in [0.15, 0.2) is 5.96 Å². The number of nitrogens with zero attached hydrogens (tertiary/aromatic N) is 2. The molecule has 10 heteroatoms. The number of amides is 1. The highest BCUT2D eigenvalue weighted by Gasteiger charge is 2.20. The Balaban J connectivity index is 0.00000480. The molecule has 1 heterocycles. The molecule has 0 fully saturated rings. The normalized spacial score (nSPS) is 11.8. The smallest absolute Gasteiger partial charge is 0.350 e. The molecule has 1 aromatic carbocycles. The molecule has 0 saturated heterocycles. The van der Waals surface area contributed by atoms with Crippen molar-refractivity contribution < 1.29 is 14.3 Å². The summed E-state index contributed by atoms with van der Waals surface area (Å²) in [5.41, 5.74) is 2.37. The molecule has 1 atom stereocenters. The van der Waals surface area contributed by atoms with Gasteiger partial charge in [-0.15, -0.1) is 35.3 Å². The summed E-state index contributed by atoms with van der Waals surface area (Å²) < 4.78 is 5.08. The van der Waals surface area contributed by atoms with Crippen LogP contribution in [0.5, 0.6) is 0 Å². The van der Waals surface area contributed by atoms with Gasteiger partial charge in [-0.1, -0.05) is 12.1 Å². The predicted octanol–water partition coefficient (Wildman–Crippen LogP) is 3.07. The molecule has 8 nitrogen and oxygen atoms in total. The number of rotatable bonds is 8. The minimum atomic E-state index is -0.340. The van der Waals surface area contributed by atoms with E-state index in [1.165, 1.54) is 11.3 Å². The largest absolute Gasteiger partial charge is 0.462 e. The first-order chi connectivity index (χ1) is 14.4. The number of aromatic nitrogens is 1. The van der Waals surface area contributed by atoms with Gasteiger partial charge in [-0.2, -0.15) is 0 Å². The number of ether oxygens (including phenoxy) is 1. The average molecular weight is 559 g/mol. The number of aryl methyl sites for hydroxylation is 1. The Morgan fingerprint density at radius 2 is 2.06 bits per heavy atom. The molecule has 0 radical (unpaired) electrons. The molecule has 0 aliphatic heterocycles. The number of carbonyl (C=O) groups excluding carboxylic acids is 2. The minimum absolute atomic E-state index is 0. The molecule has 1 unspecified atom stereocenters. The third-order valence-electron chi connectivity index (χ3n) is 4.34. The van der Waals surface area contributed by atoms with E-state index in [1.54, 1.807) is 34.0 Å². The van der Waals surface area contributed by atoms with Gasteiger partial charge < -0.3 is 20.7 Å². The molecule has 0 saturated carbocycles. The van der Waals surface area contributed by atoms with Crippen molar-refractivity contribution in [3.63, 3.8) is 0 Å². The Morgan fingerprint density at radius 1 is 1.32 bits per heavy atom. The van der Waals surface area contributed by atoms with Crippen LogP contribution in [0.4, 0.5) is 0 Å². The van der Waals surface area contributed by atoms with Gasteiger partial charge in [-0.05, 0) is 44.9 Å². The lowest BCUT2D eigenvalue weighted by Crippen LogP contribution is -2.39. The number of halogens is 1. The van der Waals surface area contributed by atoms with E-state index in [0.717, 1.165) is 17.0 Å². The van der Waals surface area contributed by atoms with Crippen LogP contribution in [0.2, 0.25) is 0 Å². The molecule has 31 heavy (non-hydrogen) atoms. The van der Waals surface area contributed by atoms with Gasteiger partial charge in [-0.25, -0.2) is 9.78 Å². The van der Waals surface area contributed by atoms with Crippen LogP contribution < -0.4 is 16.0 Å². The Hall–Kier alpha value is -2.21. The van der Waals surface area contributed by atoms with E-state index >= 15 is 0 Å². The zero-order valence-corrected chi connectivity index (χ0v) is 21.6. The zero-order chi connectivity index (χ0) is 22.1.